The predicted molar refractivity (Wildman–Crippen MR) is 94.2 cm³/mol. The van der Waals surface area contributed by atoms with Crippen molar-refractivity contribution in [2.45, 2.75) is 56.0 Å². The molecule has 2 unspecified atom stereocenters. The van der Waals surface area contributed by atoms with E-state index in [1.807, 2.05) is 6.07 Å². The Morgan fingerprint density at radius 2 is 2.04 bits per heavy atom. The molecular weight excluding hydrogens is 338 g/mol. The lowest BCUT2D eigenvalue weighted by molar-refractivity contribution is 0.182. The molecule has 3 fully saturated rings. The summed E-state index contributed by atoms with van der Waals surface area (Å²) < 4.78 is 11.7. The Labute approximate surface area is 149 Å². The van der Waals surface area contributed by atoms with Crippen LogP contribution in [0, 0.1) is 0 Å². The van der Waals surface area contributed by atoms with Gasteiger partial charge in [-0.05, 0) is 31.7 Å². The molecule has 1 saturated heterocycles. The Hall–Kier alpha value is -1.80. The largest absolute Gasteiger partial charge is 0.377 e. The maximum absolute atomic E-state index is 12.3. The van der Waals surface area contributed by atoms with Gasteiger partial charge >= 0.3 is 0 Å². The zero-order chi connectivity index (χ0) is 16.8. The van der Waals surface area contributed by atoms with E-state index in [1.54, 1.807) is 10.7 Å². The van der Waals surface area contributed by atoms with Crippen LogP contribution in [0.3, 0.4) is 0 Å². The van der Waals surface area contributed by atoms with Crippen molar-refractivity contribution in [3.63, 3.8) is 0 Å². The SMILES string of the molecule is O=c1ccc(C2CC2)nn1C1COCC1Nc1nc(C2CCC2)ns1. The summed E-state index contributed by atoms with van der Waals surface area (Å²) in [5.74, 6) is 2.01. The van der Waals surface area contributed by atoms with E-state index in [9.17, 15) is 4.79 Å². The summed E-state index contributed by atoms with van der Waals surface area (Å²) in [4.78, 5) is 17.0. The quantitative estimate of drug-likeness (QED) is 0.882. The van der Waals surface area contributed by atoms with Crippen molar-refractivity contribution in [2.24, 2.45) is 0 Å². The first-order valence-corrected chi connectivity index (χ1v) is 9.83. The van der Waals surface area contributed by atoms with Crippen LogP contribution in [0.1, 0.15) is 61.5 Å². The van der Waals surface area contributed by atoms with E-state index in [0.29, 0.717) is 25.0 Å². The summed E-state index contributed by atoms with van der Waals surface area (Å²) >= 11 is 1.40. The van der Waals surface area contributed by atoms with Crippen molar-refractivity contribution in [1.29, 1.82) is 0 Å². The minimum atomic E-state index is -0.109. The molecular formula is C17H21N5O2S. The number of hydrogen-bond donors (Lipinski definition) is 1. The molecule has 3 aliphatic rings. The smallest absolute Gasteiger partial charge is 0.267 e. The molecule has 0 aromatic carbocycles. The Morgan fingerprint density at radius 3 is 2.80 bits per heavy atom. The standard InChI is InChI=1S/C17H21N5O2S/c23-15-7-6-12(10-4-5-10)20-22(15)14-9-24-8-13(14)18-17-19-16(21-25-17)11-2-1-3-11/h6-7,10-11,13-14H,1-5,8-9H2,(H,18,19,21). The third-order valence-electron chi connectivity index (χ3n) is 5.43. The number of anilines is 1. The van der Waals surface area contributed by atoms with E-state index in [2.05, 4.69) is 19.8 Å². The summed E-state index contributed by atoms with van der Waals surface area (Å²) in [5, 5.41) is 8.85. The van der Waals surface area contributed by atoms with Crippen molar-refractivity contribution in [1.82, 2.24) is 19.1 Å². The van der Waals surface area contributed by atoms with Crippen LogP contribution in [0.25, 0.3) is 0 Å². The van der Waals surface area contributed by atoms with Crippen LogP contribution < -0.4 is 10.9 Å². The van der Waals surface area contributed by atoms with Crippen LogP contribution >= 0.6 is 11.5 Å². The van der Waals surface area contributed by atoms with E-state index < -0.39 is 0 Å². The summed E-state index contributed by atoms with van der Waals surface area (Å²) in [6, 6.07) is 3.38. The molecule has 1 N–H and O–H groups in total. The molecule has 2 aromatic rings. The van der Waals surface area contributed by atoms with E-state index >= 15 is 0 Å². The number of aromatic nitrogens is 4. The lowest BCUT2D eigenvalue weighted by Crippen LogP contribution is -2.37. The zero-order valence-corrected chi connectivity index (χ0v) is 14.7. The Balaban J connectivity index is 1.36. The fraction of sp³-hybridized carbons (Fsp3) is 0.647. The zero-order valence-electron chi connectivity index (χ0n) is 13.9. The highest BCUT2D eigenvalue weighted by molar-refractivity contribution is 7.09. The predicted octanol–water partition coefficient (Wildman–Crippen LogP) is 2.29. The van der Waals surface area contributed by atoms with E-state index in [-0.39, 0.29) is 17.6 Å². The number of hydrogen-bond acceptors (Lipinski definition) is 7. The van der Waals surface area contributed by atoms with Gasteiger partial charge in [0.05, 0.1) is 24.9 Å². The van der Waals surface area contributed by atoms with Gasteiger partial charge in [-0.3, -0.25) is 4.79 Å². The molecule has 2 atom stereocenters. The maximum atomic E-state index is 12.3. The molecule has 0 bridgehead atoms. The summed E-state index contributed by atoms with van der Waals surface area (Å²) in [6.45, 7) is 1.04. The second-order valence-corrected chi connectivity index (χ2v) is 8.01. The van der Waals surface area contributed by atoms with Gasteiger partial charge in [-0.2, -0.15) is 9.47 Å². The van der Waals surface area contributed by atoms with Gasteiger partial charge in [0.2, 0.25) is 5.13 Å². The van der Waals surface area contributed by atoms with Gasteiger partial charge in [-0.25, -0.2) is 9.67 Å². The molecule has 1 aliphatic heterocycles. The molecule has 5 rings (SSSR count). The maximum Gasteiger partial charge on any atom is 0.267 e. The Morgan fingerprint density at radius 1 is 1.16 bits per heavy atom. The summed E-state index contributed by atoms with van der Waals surface area (Å²) in [6.07, 6.45) is 6.00. The highest BCUT2D eigenvalue weighted by atomic mass is 32.1. The molecule has 132 valence electrons. The average molecular weight is 359 g/mol. The van der Waals surface area contributed by atoms with Crippen LogP contribution in [0.2, 0.25) is 0 Å². The normalized spacial score (nSPS) is 26.6. The van der Waals surface area contributed by atoms with Gasteiger partial charge in [0.15, 0.2) is 0 Å². The average Bonchev–Trinajstić information content (AvgIpc) is 3.16. The van der Waals surface area contributed by atoms with Crippen molar-refractivity contribution in [3.05, 3.63) is 34.0 Å². The fourth-order valence-corrected chi connectivity index (χ4v) is 4.19. The highest BCUT2D eigenvalue weighted by Gasteiger charge is 2.34. The van der Waals surface area contributed by atoms with Gasteiger partial charge in [0.1, 0.15) is 11.9 Å². The third-order valence-corrected chi connectivity index (χ3v) is 6.09. The Kier molecular flexibility index (Phi) is 3.82. The van der Waals surface area contributed by atoms with Gasteiger partial charge in [-0.1, -0.05) is 6.42 Å². The minimum absolute atomic E-state index is 0.0122. The molecule has 0 radical (unpaired) electrons. The molecule has 3 heterocycles. The number of nitrogens with one attached hydrogen (secondary N) is 1. The molecule has 2 aromatic heterocycles. The first-order valence-electron chi connectivity index (χ1n) is 9.05. The van der Waals surface area contributed by atoms with Crippen LogP contribution in [-0.4, -0.2) is 38.4 Å². The van der Waals surface area contributed by atoms with E-state index in [4.69, 9.17) is 4.74 Å². The van der Waals surface area contributed by atoms with Crippen LogP contribution in [0.5, 0.6) is 0 Å². The van der Waals surface area contributed by atoms with Crippen molar-refractivity contribution in [2.75, 3.05) is 18.5 Å². The molecule has 8 heteroatoms. The topological polar surface area (TPSA) is 81.9 Å². The minimum Gasteiger partial charge on any atom is -0.377 e. The fourth-order valence-electron chi connectivity index (χ4n) is 3.48. The van der Waals surface area contributed by atoms with Crippen molar-refractivity contribution < 1.29 is 4.74 Å². The van der Waals surface area contributed by atoms with Crippen LogP contribution in [0.15, 0.2) is 16.9 Å². The lowest BCUT2D eigenvalue weighted by Gasteiger charge is -2.22. The lowest BCUT2D eigenvalue weighted by atomic mass is 9.85. The van der Waals surface area contributed by atoms with Gasteiger partial charge in [0.25, 0.3) is 5.56 Å². The Bertz CT molecular complexity index is 826. The molecule has 2 aliphatic carbocycles. The van der Waals surface area contributed by atoms with Crippen molar-refractivity contribution in [3.8, 4) is 0 Å². The number of rotatable bonds is 5. The first-order chi connectivity index (χ1) is 12.3. The molecule has 0 amide bonds. The summed E-state index contributed by atoms with van der Waals surface area (Å²) in [5.41, 5.74) is 0.951. The molecule has 2 saturated carbocycles. The highest BCUT2D eigenvalue weighted by Crippen LogP contribution is 2.39. The second-order valence-electron chi connectivity index (χ2n) is 7.26. The van der Waals surface area contributed by atoms with Gasteiger partial charge < -0.3 is 10.1 Å². The number of nitrogens with zero attached hydrogens (tertiary/aromatic N) is 4. The summed E-state index contributed by atoms with van der Waals surface area (Å²) in [7, 11) is 0. The van der Waals surface area contributed by atoms with E-state index in [1.165, 1.54) is 43.6 Å². The van der Waals surface area contributed by atoms with Gasteiger partial charge in [-0.15, -0.1) is 0 Å². The number of ether oxygens (including phenoxy) is 1. The first kappa shape index (κ1) is 15.5. The van der Waals surface area contributed by atoms with E-state index in [0.717, 1.165) is 16.6 Å². The van der Waals surface area contributed by atoms with Gasteiger partial charge in [0, 0.05) is 29.4 Å². The molecule has 25 heavy (non-hydrogen) atoms. The third kappa shape index (κ3) is 2.97. The van der Waals surface area contributed by atoms with Crippen molar-refractivity contribution >= 4 is 16.7 Å². The molecule has 0 spiro atoms. The molecule has 7 nitrogen and oxygen atoms in total. The van der Waals surface area contributed by atoms with Crippen LogP contribution in [-0.2, 0) is 4.74 Å². The van der Waals surface area contributed by atoms with Crippen LogP contribution in [0.4, 0.5) is 5.13 Å². The monoisotopic (exact) mass is 359 g/mol. The second kappa shape index (κ2) is 6.17.